The Labute approximate surface area is 208 Å². The zero-order valence-corrected chi connectivity index (χ0v) is 20.4. The molecule has 0 radical (unpaired) electrons. The molecule has 2 saturated carbocycles. The summed E-state index contributed by atoms with van der Waals surface area (Å²) in [4.78, 5) is 12.0. The number of hydrogen-bond donors (Lipinski definition) is 2. The summed E-state index contributed by atoms with van der Waals surface area (Å²) in [5.41, 5.74) is 0.786. The molecule has 2 aliphatic rings. The monoisotopic (exact) mass is 540 g/mol. The average Bonchev–Trinajstić information content (AvgIpc) is 3.48. The number of aromatic carboxylic acids is 1. The molecule has 2 fully saturated rings. The van der Waals surface area contributed by atoms with Gasteiger partial charge in [-0.15, -0.1) is 0 Å². The van der Waals surface area contributed by atoms with Crippen LogP contribution in [-0.4, -0.2) is 35.9 Å². The van der Waals surface area contributed by atoms with Gasteiger partial charge in [0.05, 0.1) is 21.2 Å². The minimum absolute atomic E-state index is 0.0254. The van der Waals surface area contributed by atoms with E-state index >= 15 is 0 Å². The molecule has 7 nitrogen and oxygen atoms in total. The van der Waals surface area contributed by atoms with E-state index in [9.17, 15) is 27.1 Å². The number of nitrogens with zero attached hydrogens (tertiary/aromatic N) is 1. The fourth-order valence-corrected chi connectivity index (χ4v) is 6.18. The second-order valence-corrected chi connectivity index (χ2v) is 11.5. The van der Waals surface area contributed by atoms with Gasteiger partial charge in [-0.2, -0.15) is 0 Å². The largest absolute Gasteiger partial charge is 0.488 e. The van der Waals surface area contributed by atoms with Gasteiger partial charge in [0.1, 0.15) is 16.7 Å². The van der Waals surface area contributed by atoms with Gasteiger partial charge < -0.3 is 9.84 Å². The van der Waals surface area contributed by atoms with Crippen LogP contribution in [0.5, 0.6) is 5.75 Å². The molecule has 0 unspecified atom stereocenters. The molecule has 35 heavy (non-hydrogen) atoms. The van der Waals surface area contributed by atoms with Gasteiger partial charge in [-0.05, 0) is 60.1 Å². The zero-order valence-electron chi connectivity index (χ0n) is 18.0. The van der Waals surface area contributed by atoms with Crippen molar-refractivity contribution in [1.29, 1.82) is 0 Å². The molecule has 2 aliphatic carbocycles. The molecule has 12 heteroatoms. The van der Waals surface area contributed by atoms with Crippen LogP contribution in [0.2, 0.25) is 5.02 Å². The minimum Gasteiger partial charge on any atom is -0.488 e. The quantitative estimate of drug-likeness (QED) is 0.362. The minimum atomic E-state index is -4.40. The van der Waals surface area contributed by atoms with Gasteiger partial charge in [0.2, 0.25) is 0 Å². The van der Waals surface area contributed by atoms with E-state index in [0.717, 1.165) is 29.9 Å². The number of ether oxygens (including phenoxy) is 1. The first-order chi connectivity index (χ1) is 16.5. The number of alkyl halides is 2. The molecule has 0 aliphatic heterocycles. The summed E-state index contributed by atoms with van der Waals surface area (Å²) >= 11 is 7.54. The summed E-state index contributed by atoms with van der Waals surface area (Å²) in [6.45, 7) is 0. The van der Waals surface area contributed by atoms with Crippen LogP contribution < -0.4 is 9.46 Å². The number of carboxylic acid groups (broad SMARTS) is 1. The van der Waals surface area contributed by atoms with E-state index in [4.69, 9.17) is 16.3 Å². The number of sulfonamides is 1. The highest BCUT2D eigenvalue weighted by molar-refractivity contribution is 7.92. The lowest BCUT2D eigenvalue weighted by molar-refractivity contribution is -0.134. The van der Waals surface area contributed by atoms with Gasteiger partial charge in [0.25, 0.3) is 15.9 Å². The lowest BCUT2D eigenvalue weighted by Gasteiger charge is -2.35. The van der Waals surface area contributed by atoms with Crippen LogP contribution in [-0.2, 0) is 10.0 Å². The highest BCUT2D eigenvalue weighted by atomic mass is 35.5. The van der Waals surface area contributed by atoms with Gasteiger partial charge >= 0.3 is 5.97 Å². The van der Waals surface area contributed by atoms with Crippen LogP contribution in [0.1, 0.15) is 47.5 Å². The number of anilines is 1. The fourth-order valence-electron chi connectivity index (χ4n) is 3.95. The second-order valence-electron chi connectivity index (χ2n) is 8.65. The van der Waals surface area contributed by atoms with E-state index in [1.54, 1.807) is 18.3 Å². The standard InChI is InChI=1S/C23H19ClF2N2O5S2/c24-17-9-19(33-14-10-23(25,26)11-14)18(8-16(17)20-5-6-27-34-20)28-35(31,32)21-7-13(12-1-2-12)3-4-15(21)22(29)30/h3-9,12,14,28H,1-2,10-11H2,(H,29,30). The Morgan fingerprint density at radius 1 is 1.20 bits per heavy atom. The number of aromatic nitrogens is 1. The van der Waals surface area contributed by atoms with Crippen molar-refractivity contribution in [1.82, 2.24) is 4.37 Å². The lowest BCUT2D eigenvalue weighted by Crippen LogP contribution is -2.43. The molecule has 3 aromatic rings. The van der Waals surface area contributed by atoms with Crippen LogP contribution in [0.3, 0.4) is 0 Å². The van der Waals surface area contributed by atoms with Crippen LogP contribution in [0.15, 0.2) is 47.5 Å². The summed E-state index contributed by atoms with van der Waals surface area (Å²) in [7, 11) is -4.40. The fraction of sp³-hybridized carbons (Fsp3) is 0.304. The molecule has 1 heterocycles. The highest BCUT2D eigenvalue weighted by Crippen LogP contribution is 2.45. The van der Waals surface area contributed by atoms with Crippen LogP contribution in [0.4, 0.5) is 14.5 Å². The molecular weight excluding hydrogens is 522 g/mol. The Kier molecular flexibility index (Phi) is 5.97. The van der Waals surface area contributed by atoms with Crippen LogP contribution in [0.25, 0.3) is 10.4 Å². The van der Waals surface area contributed by atoms with Crippen molar-refractivity contribution in [2.75, 3.05) is 4.72 Å². The SMILES string of the molecule is O=C(O)c1ccc(C2CC2)cc1S(=O)(=O)Nc1cc(-c2ccns2)c(Cl)cc1OC1CC(F)(F)C1. The maximum atomic E-state index is 13.4. The van der Waals surface area contributed by atoms with Crippen molar-refractivity contribution < 1.29 is 31.8 Å². The molecule has 0 bridgehead atoms. The number of hydrogen-bond acceptors (Lipinski definition) is 6. The van der Waals surface area contributed by atoms with E-state index in [2.05, 4.69) is 9.10 Å². The van der Waals surface area contributed by atoms with Gasteiger partial charge in [-0.25, -0.2) is 26.4 Å². The Morgan fingerprint density at radius 2 is 1.94 bits per heavy atom. The van der Waals surface area contributed by atoms with Crippen molar-refractivity contribution in [3.63, 3.8) is 0 Å². The number of rotatable bonds is 8. The summed E-state index contributed by atoms with van der Waals surface area (Å²) in [6.07, 6.45) is 1.55. The Bertz CT molecular complexity index is 1400. The first-order valence-corrected chi connectivity index (χ1v) is 13.3. The molecule has 2 aromatic carbocycles. The van der Waals surface area contributed by atoms with E-state index in [0.29, 0.717) is 10.4 Å². The Balaban J connectivity index is 1.56. The first kappa shape index (κ1) is 24.0. The summed E-state index contributed by atoms with van der Waals surface area (Å²) in [5, 5.41) is 9.82. The van der Waals surface area contributed by atoms with Crippen LogP contribution in [0, 0.1) is 0 Å². The maximum absolute atomic E-state index is 13.4. The van der Waals surface area contributed by atoms with Crippen molar-refractivity contribution >= 4 is 44.8 Å². The molecule has 0 atom stereocenters. The number of carboxylic acids is 1. The number of nitrogens with one attached hydrogen (secondary N) is 1. The summed E-state index contributed by atoms with van der Waals surface area (Å²) in [6, 6.07) is 8.77. The van der Waals surface area contributed by atoms with E-state index < -0.39 is 40.9 Å². The smallest absolute Gasteiger partial charge is 0.337 e. The predicted molar refractivity (Wildman–Crippen MR) is 127 cm³/mol. The molecule has 2 N–H and O–H groups in total. The molecule has 0 saturated heterocycles. The third-order valence-corrected chi connectivity index (χ3v) is 8.44. The predicted octanol–water partition coefficient (Wildman–Crippen LogP) is 6.02. The molecule has 184 valence electrons. The van der Waals surface area contributed by atoms with Gasteiger partial charge in [0.15, 0.2) is 0 Å². The Morgan fingerprint density at radius 3 is 2.54 bits per heavy atom. The van der Waals surface area contributed by atoms with Crippen molar-refractivity contribution in [3.8, 4) is 16.2 Å². The van der Waals surface area contributed by atoms with E-state index in [-0.39, 0.29) is 32.8 Å². The van der Waals surface area contributed by atoms with Crippen molar-refractivity contribution in [3.05, 3.63) is 58.7 Å². The van der Waals surface area contributed by atoms with Crippen LogP contribution >= 0.6 is 23.1 Å². The molecule has 0 spiro atoms. The molecule has 0 amide bonds. The number of carbonyl (C=O) groups is 1. The normalized spacial score (nSPS) is 17.6. The summed E-state index contributed by atoms with van der Waals surface area (Å²) in [5.74, 6) is -4.06. The van der Waals surface area contributed by atoms with Gasteiger partial charge in [-0.1, -0.05) is 17.7 Å². The summed E-state index contributed by atoms with van der Waals surface area (Å²) < 4.78 is 65.7. The molecular formula is C23H19ClF2N2O5S2. The van der Waals surface area contributed by atoms with Gasteiger partial charge in [-0.3, -0.25) is 4.72 Å². The van der Waals surface area contributed by atoms with Crippen molar-refractivity contribution in [2.45, 2.75) is 48.5 Å². The number of benzene rings is 2. The van der Waals surface area contributed by atoms with E-state index in [1.807, 2.05) is 0 Å². The zero-order chi connectivity index (χ0) is 25.0. The Hall–Kier alpha value is -2.76. The second kappa shape index (κ2) is 8.72. The maximum Gasteiger partial charge on any atom is 0.337 e. The first-order valence-electron chi connectivity index (χ1n) is 10.7. The third-order valence-electron chi connectivity index (χ3n) is 5.94. The molecule has 1 aromatic heterocycles. The average molecular weight is 541 g/mol. The highest BCUT2D eigenvalue weighted by Gasteiger charge is 2.47. The number of halogens is 3. The van der Waals surface area contributed by atoms with Crippen molar-refractivity contribution in [2.24, 2.45) is 0 Å². The molecule has 5 rings (SSSR count). The third kappa shape index (κ3) is 4.98. The lowest BCUT2D eigenvalue weighted by atomic mass is 9.91. The van der Waals surface area contributed by atoms with Gasteiger partial charge in [0, 0.05) is 30.7 Å². The topological polar surface area (TPSA) is 106 Å². The van der Waals surface area contributed by atoms with E-state index in [1.165, 1.54) is 24.3 Å².